The van der Waals surface area contributed by atoms with Gasteiger partial charge in [0.25, 0.3) is 0 Å². The molecule has 13 heavy (non-hydrogen) atoms. The van der Waals surface area contributed by atoms with Crippen molar-refractivity contribution in [1.82, 2.24) is 5.32 Å². The van der Waals surface area contributed by atoms with E-state index in [1.165, 1.54) is 6.92 Å². The average molecular weight is 187 g/mol. The predicted molar refractivity (Wildman–Crippen MR) is 50.1 cm³/mol. The van der Waals surface area contributed by atoms with Crippen LogP contribution in [0.5, 0.6) is 0 Å². The van der Waals surface area contributed by atoms with Crippen molar-refractivity contribution in [2.75, 3.05) is 0 Å². The lowest BCUT2D eigenvalue weighted by Gasteiger charge is -2.17. The standard InChI is InChI=1S/C10H18FNO/c1-6(2)7(3)12-9(13)8-5-10(8,4)11/h6-8H,5H2,1-4H3,(H,12,13)/t7-,8-,10?/m1/s1. The fourth-order valence-corrected chi connectivity index (χ4v) is 1.20. The fraction of sp³-hybridized carbons (Fsp3) is 0.900. The Morgan fingerprint density at radius 2 is 2.00 bits per heavy atom. The van der Waals surface area contributed by atoms with E-state index in [0.717, 1.165) is 0 Å². The molecule has 0 aliphatic heterocycles. The number of hydrogen-bond acceptors (Lipinski definition) is 1. The molecule has 1 N–H and O–H groups in total. The van der Waals surface area contributed by atoms with E-state index in [4.69, 9.17) is 0 Å². The number of halogens is 1. The van der Waals surface area contributed by atoms with Gasteiger partial charge in [0.2, 0.25) is 5.91 Å². The van der Waals surface area contributed by atoms with Gasteiger partial charge in [-0.1, -0.05) is 13.8 Å². The number of carbonyl (C=O) groups is 1. The van der Waals surface area contributed by atoms with Crippen molar-refractivity contribution in [3.63, 3.8) is 0 Å². The zero-order valence-electron chi connectivity index (χ0n) is 8.73. The maximum Gasteiger partial charge on any atom is 0.226 e. The van der Waals surface area contributed by atoms with E-state index in [2.05, 4.69) is 5.32 Å². The molecule has 76 valence electrons. The van der Waals surface area contributed by atoms with E-state index in [9.17, 15) is 9.18 Å². The van der Waals surface area contributed by atoms with Gasteiger partial charge in [-0.05, 0) is 26.2 Å². The van der Waals surface area contributed by atoms with E-state index in [1.807, 2.05) is 20.8 Å². The Hall–Kier alpha value is -0.600. The lowest BCUT2D eigenvalue weighted by atomic mass is 10.1. The molecular formula is C10H18FNO. The van der Waals surface area contributed by atoms with Crippen molar-refractivity contribution >= 4 is 5.91 Å². The number of nitrogens with one attached hydrogen (secondary N) is 1. The number of hydrogen-bond donors (Lipinski definition) is 1. The Labute approximate surface area is 78.9 Å². The van der Waals surface area contributed by atoms with Crippen molar-refractivity contribution in [3.05, 3.63) is 0 Å². The van der Waals surface area contributed by atoms with Gasteiger partial charge in [-0.15, -0.1) is 0 Å². The molecule has 1 fully saturated rings. The van der Waals surface area contributed by atoms with Crippen molar-refractivity contribution in [1.29, 1.82) is 0 Å². The second kappa shape index (κ2) is 3.28. The van der Waals surface area contributed by atoms with Crippen molar-refractivity contribution in [3.8, 4) is 0 Å². The summed E-state index contributed by atoms with van der Waals surface area (Å²) in [7, 11) is 0. The summed E-state index contributed by atoms with van der Waals surface area (Å²) < 4.78 is 13.1. The van der Waals surface area contributed by atoms with Gasteiger partial charge in [-0.3, -0.25) is 4.79 Å². The third-order valence-corrected chi connectivity index (χ3v) is 2.86. The van der Waals surface area contributed by atoms with E-state index < -0.39 is 11.6 Å². The van der Waals surface area contributed by atoms with Crippen LogP contribution in [0, 0.1) is 11.8 Å². The van der Waals surface area contributed by atoms with Crippen molar-refractivity contribution in [2.45, 2.75) is 45.8 Å². The number of alkyl halides is 1. The van der Waals surface area contributed by atoms with Crippen LogP contribution in [-0.4, -0.2) is 17.6 Å². The van der Waals surface area contributed by atoms with Crippen molar-refractivity contribution in [2.24, 2.45) is 11.8 Å². The van der Waals surface area contributed by atoms with Gasteiger partial charge < -0.3 is 5.32 Å². The van der Waals surface area contributed by atoms with Gasteiger partial charge >= 0.3 is 0 Å². The summed E-state index contributed by atoms with van der Waals surface area (Å²) in [6, 6.07) is 0.129. The first-order valence-electron chi connectivity index (χ1n) is 4.84. The minimum Gasteiger partial charge on any atom is -0.353 e. The monoisotopic (exact) mass is 187 g/mol. The minimum atomic E-state index is -1.25. The van der Waals surface area contributed by atoms with Gasteiger partial charge in [-0.2, -0.15) is 0 Å². The van der Waals surface area contributed by atoms with E-state index >= 15 is 0 Å². The average Bonchev–Trinajstić information content (AvgIpc) is 2.59. The summed E-state index contributed by atoms with van der Waals surface area (Å²) in [6.07, 6.45) is 0.379. The van der Waals surface area contributed by atoms with E-state index in [-0.39, 0.29) is 11.9 Å². The second-order valence-corrected chi connectivity index (χ2v) is 4.58. The number of amides is 1. The number of rotatable bonds is 3. The van der Waals surface area contributed by atoms with Crippen molar-refractivity contribution < 1.29 is 9.18 Å². The van der Waals surface area contributed by atoms with Gasteiger partial charge in [0, 0.05) is 6.04 Å². The molecule has 0 aromatic heterocycles. The topological polar surface area (TPSA) is 29.1 Å². The van der Waals surface area contributed by atoms with Gasteiger partial charge in [0.15, 0.2) is 0 Å². The molecule has 0 saturated heterocycles. The third-order valence-electron chi connectivity index (χ3n) is 2.86. The summed E-state index contributed by atoms with van der Waals surface area (Å²) >= 11 is 0. The molecule has 1 saturated carbocycles. The Balaban J connectivity index is 2.35. The van der Waals surface area contributed by atoms with Crippen LogP contribution in [0.1, 0.15) is 34.1 Å². The molecule has 1 unspecified atom stereocenters. The predicted octanol–water partition coefficient (Wildman–Crippen LogP) is 1.90. The Bertz CT molecular complexity index is 213. The number of carbonyl (C=O) groups excluding carboxylic acids is 1. The molecule has 0 radical (unpaired) electrons. The maximum absolute atomic E-state index is 13.1. The molecule has 2 nitrogen and oxygen atoms in total. The lowest BCUT2D eigenvalue weighted by molar-refractivity contribution is -0.124. The SMILES string of the molecule is CC(C)[C@@H](C)NC(=O)[C@H]1CC1(C)F. The molecule has 0 bridgehead atoms. The Morgan fingerprint density at radius 3 is 2.31 bits per heavy atom. The minimum absolute atomic E-state index is 0.129. The largest absolute Gasteiger partial charge is 0.353 e. The molecule has 0 spiro atoms. The molecule has 1 rings (SSSR count). The first-order valence-corrected chi connectivity index (χ1v) is 4.84. The van der Waals surface area contributed by atoms with Crippen LogP contribution in [-0.2, 0) is 4.79 Å². The molecule has 1 aliphatic carbocycles. The highest BCUT2D eigenvalue weighted by Crippen LogP contribution is 2.46. The van der Waals surface area contributed by atoms with Gasteiger partial charge in [0.1, 0.15) is 5.67 Å². The first-order chi connectivity index (χ1) is 5.84. The molecule has 0 aromatic carbocycles. The summed E-state index contributed by atoms with van der Waals surface area (Å²) in [4.78, 5) is 11.4. The first kappa shape index (κ1) is 10.5. The lowest BCUT2D eigenvalue weighted by Crippen LogP contribution is -2.38. The van der Waals surface area contributed by atoms with Crippen LogP contribution >= 0.6 is 0 Å². The zero-order valence-corrected chi connectivity index (χ0v) is 8.73. The van der Waals surface area contributed by atoms with Crippen LogP contribution in [0.3, 0.4) is 0 Å². The molecule has 1 amide bonds. The molecule has 3 heteroatoms. The Kier molecular flexibility index (Phi) is 2.64. The molecular weight excluding hydrogens is 169 g/mol. The van der Waals surface area contributed by atoms with Crippen LogP contribution in [0.4, 0.5) is 4.39 Å². The quantitative estimate of drug-likeness (QED) is 0.718. The highest BCUT2D eigenvalue weighted by atomic mass is 19.1. The summed E-state index contributed by atoms with van der Waals surface area (Å²) in [5, 5.41) is 2.82. The third kappa shape index (κ3) is 2.42. The van der Waals surface area contributed by atoms with E-state index in [0.29, 0.717) is 12.3 Å². The fourth-order valence-electron chi connectivity index (χ4n) is 1.20. The highest BCUT2D eigenvalue weighted by Gasteiger charge is 2.55. The van der Waals surface area contributed by atoms with Gasteiger partial charge in [-0.25, -0.2) is 4.39 Å². The van der Waals surface area contributed by atoms with Gasteiger partial charge in [0.05, 0.1) is 5.92 Å². The zero-order chi connectivity index (χ0) is 10.2. The van der Waals surface area contributed by atoms with Crippen LogP contribution in [0.2, 0.25) is 0 Å². The normalized spacial score (nSPS) is 34.5. The smallest absolute Gasteiger partial charge is 0.226 e. The molecule has 1 aliphatic rings. The molecule has 3 atom stereocenters. The molecule has 0 heterocycles. The second-order valence-electron chi connectivity index (χ2n) is 4.58. The maximum atomic E-state index is 13.1. The summed E-state index contributed by atoms with van der Waals surface area (Å²) in [5.41, 5.74) is -1.25. The van der Waals surface area contributed by atoms with Crippen LogP contribution < -0.4 is 5.32 Å². The summed E-state index contributed by atoms with van der Waals surface area (Å²) in [5.74, 6) is -0.145. The van der Waals surface area contributed by atoms with E-state index in [1.54, 1.807) is 0 Å². The van der Waals surface area contributed by atoms with Crippen LogP contribution in [0.15, 0.2) is 0 Å². The Morgan fingerprint density at radius 1 is 1.54 bits per heavy atom. The summed E-state index contributed by atoms with van der Waals surface area (Å²) in [6.45, 7) is 7.50. The molecule has 0 aromatic rings. The van der Waals surface area contributed by atoms with Crippen LogP contribution in [0.25, 0.3) is 0 Å². The highest BCUT2D eigenvalue weighted by molar-refractivity contribution is 5.83.